The molecule has 0 bridgehead atoms. The highest BCUT2D eigenvalue weighted by Crippen LogP contribution is 2.18. The predicted octanol–water partition coefficient (Wildman–Crippen LogP) is 1.75. The smallest absolute Gasteiger partial charge is 0.161 e. The zero-order chi connectivity index (χ0) is 13.7. The lowest BCUT2D eigenvalue weighted by molar-refractivity contribution is 0.101. The van der Waals surface area contributed by atoms with E-state index in [9.17, 15) is 4.79 Å². The van der Waals surface area contributed by atoms with Crippen molar-refractivity contribution < 1.29 is 9.90 Å². The van der Waals surface area contributed by atoms with Crippen LogP contribution >= 0.6 is 0 Å². The van der Waals surface area contributed by atoms with E-state index in [0.717, 1.165) is 5.56 Å². The van der Waals surface area contributed by atoms with Crippen molar-refractivity contribution >= 4 is 11.6 Å². The Hall–Kier alpha value is -2.27. The van der Waals surface area contributed by atoms with Gasteiger partial charge >= 0.3 is 0 Å². The molecule has 0 aliphatic carbocycles. The Bertz CT molecular complexity index is 584. The average Bonchev–Trinajstić information content (AvgIpc) is 2.45. The minimum atomic E-state index is 0.0106. The fourth-order valence-electron chi connectivity index (χ4n) is 1.66. The number of aliphatic hydroxyl groups is 1. The van der Waals surface area contributed by atoms with Crippen LogP contribution < -0.4 is 5.32 Å². The van der Waals surface area contributed by atoms with Crippen molar-refractivity contribution in [3.8, 4) is 11.4 Å². The SMILES string of the molecule is CC(=O)c1cccc(-c2nccc(NCCO)n2)c1. The number of benzene rings is 1. The van der Waals surface area contributed by atoms with Crippen molar-refractivity contribution in [3.63, 3.8) is 0 Å². The Labute approximate surface area is 111 Å². The number of aliphatic hydroxyl groups excluding tert-OH is 1. The average molecular weight is 257 g/mol. The van der Waals surface area contributed by atoms with Crippen LogP contribution in [0.15, 0.2) is 36.5 Å². The summed E-state index contributed by atoms with van der Waals surface area (Å²) in [5.74, 6) is 1.20. The van der Waals surface area contributed by atoms with Gasteiger partial charge in [0.1, 0.15) is 5.82 Å². The van der Waals surface area contributed by atoms with Gasteiger partial charge in [0, 0.05) is 23.9 Å². The highest BCUT2D eigenvalue weighted by Gasteiger charge is 2.05. The van der Waals surface area contributed by atoms with Crippen molar-refractivity contribution in [1.29, 1.82) is 0 Å². The van der Waals surface area contributed by atoms with Crippen LogP contribution in [0.5, 0.6) is 0 Å². The Morgan fingerprint density at radius 2 is 2.21 bits per heavy atom. The Balaban J connectivity index is 2.30. The molecule has 5 heteroatoms. The second-order valence-corrected chi connectivity index (χ2v) is 4.05. The summed E-state index contributed by atoms with van der Waals surface area (Å²) in [5.41, 5.74) is 1.43. The van der Waals surface area contributed by atoms with Crippen LogP contribution in [0.3, 0.4) is 0 Å². The third kappa shape index (κ3) is 3.35. The van der Waals surface area contributed by atoms with Crippen molar-refractivity contribution in [3.05, 3.63) is 42.1 Å². The first kappa shape index (κ1) is 13.2. The molecule has 0 saturated carbocycles. The number of carbonyl (C=O) groups excluding carboxylic acids is 1. The molecule has 98 valence electrons. The molecule has 1 aromatic carbocycles. The van der Waals surface area contributed by atoms with Gasteiger partial charge in [-0.25, -0.2) is 9.97 Å². The zero-order valence-corrected chi connectivity index (χ0v) is 10.6. The van der Waals surface area contributed by atoms with E-state index < -0.39 is 0 Å². The predicted molar refractivity (Wildman–Crippen MR) is 73.0 cm³/mol. The first-order chi connectivity index (χ1) is 9.20. The molecule has 0 radical (unpaired) electrons. The van der Waals surface area contributed by atoms with Crippen molar-refractivity contribution in [1.82, 2.24) is 9.97 Å². The van der Waals surface area contributed by atoms with Crippen LogP contribution in [0.2, 0.25) is 0 Å². The molecular weight excluding hydrogens is 242 g/mol. The molecule has 1 heterocycles. The summed E-state index contributed by atoms with van der Waals surface area (Å²) in [7, 11) is 0. The third-order valence-electron chi connectivity index (χ3n) is 2.60. The normalized spacial score (nSPS) is 10.2. The molecule has 0 amide bonds. The van der Waals surface area contributed by atoms with Crippen LogP contribution in [0, 0.1) is 0 Å². The second kappa shape index (κ2) is 6.06. The lowest BCUT2D eigenvalue weighted by Gasteiger charge is -2.06. The van der Waals surface area contributed by atoms with Gasteiger partial charge in [-0.2, -0.15) is 0 Å². The molecule has 0 saturated heterocycles. The number of hydrogen-bond donors (Lipinski definition) is 2. The molecule has 1 aromatic heterocycles. The second-order valence-electron chi connectivity index (χ2n) is 4.05. The van der Waals surface area contributed by atoms with E-state index in [0.29, 0.717) is 23.8 Å². The summed E-state index contributed by atoms with van der Waals surface area (Å²) in [5, 5.41) is 11.7. The molecule has 19 heavy (non-hydrogen) atoms. The maximum atomic E-state index is 11.4. The molecule has 0 aliphatic rings. The fourth-order valence-corrected chi connectivity index (χ4v) is 1.66. The van der Waals surface area contributed by atoms with E-state index in [1.165, 1.54) is 6.92 Å². The summed E-state index contributed by atoms with van der Waals surface area (Å²) < 4.78 is 0. The van der Waals surface area contributed by atoms with Gasteiger partial charge in [0.2, 0.25) is 0 Å². The lowest BCUT2D eigenvalue weighted by Crippen LogP contribution is -2.07. The monoisotopic (exact) mass is 257 g/mol. The van der Waals surface area contributed by atoms with Crippen molar-refractivity contribution in [2.24, 2.45) is 0 Å². The molecule has 0 aliphatic heterocycles. The first-order valence-corrected chi connectivity index (χ1v) is 6.00. The van der Waals surface area contributed by atoms with Gasteiger partial charge in [0.25, 0.3) is 0 Å². The van der Waals surface area contributed by atoms with Gasteiger partial charge in [-0.15, -0.1) is 0 Å². The number of Topliss-reactive ketones (excluding diaryl/α,β-unsaturated/α-hetero) is 1. The zero-order valence-electron chi connectivity index (χ0n) is 10.6. The Kier molecular flexibility index (Phi) is 4.20. The van der Waals surface area contributed by atoms with Gasteiger partial charge < -0.3 is 10.4 Å². The number of nitrogens with zero attached hydrogens (tertiary/aromatic N) is 2. The summed E-state index contributed by atoms with van der Waals surface area (Å²) in [6.07, 6.45) is 1.64. The van der Waals surface area contributed by atoms with Crippen LogP contribution in [0.1, 0.15) is 17.3 Å². The van der Waals surface area contributed by atoms with Crippen molar-refractivity contribution in [2.75, 3.05) is 18.5 Å². The molecule has 0 unspecified atom stereocenters. The van der Waals surface area contributed by atoms with E-state index >= 15 is 0 Å². The molecule has 0 atom stereocenters. The van der Waals surface area contributed by atoms with Gasteiger partial charge in [0.05, 0.1) is 6.61 Å². The summed E-state index contributed by atoms with van der Waals surface area (Å²) >= 11 is 0. The number of hydrogen-bond acceptors (Lipinski definition) is 5. The molecule has 2 rings (SSSR count). The number of aromatic nitrogens is 2. The number of ketones is 1. The van der Waals surface area contributed by atoms with E-state index in [1.54, 1.807) is 24.4 Å². The first-order valence-electron chi connectivity index (χ1n) is 6.00. The van der Waals surface area contributed by atoms with Crippen molar-refractivity contribution in [2.45, 2.75) is 6.92 Å². The highest BCUT2D eigenvalue weighted by molar-refractivity contribution is 5.95. The molecule has 0 fully saturated rings. The summed E-state index contributed by atoms with van der Waals surface area (Å²) in [6.45, 7) is 2.00. The number of rotatable bonds is 5. The minimum absolute atomic E-state index is 0.0106. The van der Waals surface area contributed by atoms with E-state index in [-0.39, 0.29) is 12.4 Å². The van der Waals surface area contributed by atoms with E-state index in [4.69, 9.17) is 5.11 Å². The molecule has 5 nitrogen and oxygen atoms in total. The maximum Gasteiger partial charge on any atom is 0.161 e. The highest BCUT2D eigenvalue weighted by atomic mass is 16.3. The van der Waals surface area contributed by atoms with Crippen LogP contribution in [-0.2, 0) is 0 Å². The number of anilines is 1. The maximum absolute atomic E-state index is 11.4. The lowest BCUT2D eigenvalue weighted by atomic mass is 10.1. The van der Waals surface area contributed by atoms with Gasteiger partial charge in [-0.3, -0.25) is 4.79 Å². The number of nitrogens with one attached hydrogen (secondary N) is 1. The Morgan fingerprint density at radius 3 is 2.95 bits per heavy atom. The molecule has 2 N–H and O–H groups in total. The molecule has 0 spiro atoms. The van der Waals surface area contributed by atoms with Crippen LogP contribution in [0.4, 0.5) is 5.82 Å². The quantitative estimate of drug-likeness (QED) is 0.798. The van der Waals surface area contributed by atoms with Gasteiger partial charge in [-0.1, -0.05) is 18.2 Å². The summed E-state index contributed by atoms with van der Waals surface area (Å²) in [6, 6.07) is 8.93. The van der Waals surface area contributed by atoms with Crippen LogP contribution in [-0.4, -0.2) is 34.0 Å². The van der Waals surface area contributed by atoms with Gasteiger partial charge in [0.15, 0.2) is 11.6 Å². The fraction of sp³-hybridized carbons (Fsp3) is 0.214. The topological polar surface area (TPSA) is 75.1 Å². The van der Waals surface area contributed by atoms with Crippen LogP contribution in [0.25, 0.3) is 11.4 Å². The largest absolute Gasteiger partial charge is 0.395 e. The molecule has 2 aromatic rings. The minimum Gasteiger partial charge on any atom is -0.395 e. The van der Waals surface area contributed by atoms with E-state index in [1.807, 2.05) is 12.1 Å². The molecular formula is C14H15N3O2. The van der Waals surface area contributed by atoms with E-state index in [2.05, 4.69) is 15.3 Å². The third-order valence-corrected chi connectivity index (χ3v) is 2.60. The van der Waals surface area contributed by atoms with Gasteiger partial charge in [-0.05, 0) is 19.1 Å². The number of carbonyl (C=O) groups is 1. The Morgan fingerprint density at radius 1 is 1.37 bits per heavy atom. The summed E-state index contributed by atoms with van der Waals surface area (Å²) in [4.78, 5) is 19.9. The standard InChI is InChI=1S/C14H15N3O2/c1-10(19)11-3-2-4-12(9-11)14-16-6-5-13(17-14)15-7-8-18/h2-6,9,18H,7-8H2,1H3,(H,15,16,17).